The molecule has 1 aromatic rings. The summed E-state index contributed by atoms with van der Waals surface area (Å²) >= 11 is 3.22. The molecule has 0 spiro atoms. The highest BCUT2D eigenvalue weighted by atomic mass is 79.9. The Bertz CT molecular complexity index is 285. The van der Waals surface area contributed by atoms with E-state index in [-0.39, 0.29) is 5.91 Å². The van der Waals surface area contributed by atoms with E-state index in [9.17, 15) is 4.79 Å². The number of nitrogens with two attached hydrogens (primary N) is 1. The van der Waals surface area contributed by atoms with E-state index < -0.39 is 0 Å². The number of carbonyl (C=O) groups excluding carboxylic acids is 1. The molecule has 0 bridgehead atoms. The maximum absolute atomic E-state index is 10.8. The van der Waals surface area contributed by atoms with Crippen LogP contribution in [0.5, 0.6) is 0 Å². The molecule has 1 aromatic heterocycles. The number of aromatic nitrogens is 1. The van der Waals surface area contributed by atoms with Crippen LogP contribution < -0.4 is 10.9 Å². The van der Waals surface area contributed by atoms with Crippen molar-refractivity contribution in [2.24, 2.45) is 5.84 Å². The monoisotopic (exact) mass is 229 g/mol. The first-order valence-corrected chi connectivity index (χ1v) is 4.07. The molecule has 1 rings (SSSR count). The number of hydrazine groups is 1. The minimum atomic E-state index is -0.246. The second-order valence-electron chi connectivity index (χ2n) is 2.22. The van der Waals surface area contributed by atoms with Crippen molar-refractivity contribution in [2.75, 3.05) is 5.01 Å². The van der Waals surface area contributed by atoms with Crippen LogP contribution in [0.2, 0.25) is 0 Å². The van der Waals surface area contributed by atoms with E-state index in [4.69, 9.17) is 5.84 Å². The van der Waals surface area contributed by atoms with Gasteiger partial charge in [0.15, 0.2) is 0 Å². The summed E-state index contributed by atoms with van der Waals surface area (Å²) in [5.41, 5.74) is 0. The van der Waals surface area contributed by atoms with Crippen molar-refractivity contribution in [3.63, 3.8) is 0 Å². The minimum absolute atomic E-state index is 0.246. The van der Waals surface area contributed by atoms with Crippen LogP contribution in [0.1, 0.15) is 6.92 Å². The lowest BCUT2D eigenvalue weighted by Crippen LogP contribution is -2.35. The molecule has 0 unspecified atom stereocenters. The van der Waals surface area contributed by atoms with Crippen LogP contribution in [0, 0.1) is 0 Å². The molecule has 1 amide bonds. The zero-order valence-corrected chi connectivity index (χ0v) is 8.08. The Labute approximate surface area is 78.5 Å². The van der Waals surface area contributed by atoms with Gasteiger partial charge in [0.05, 0.1) is 0 Å². The maximum atomic E-state index is 10.8. The Kier molecular flexibility index (Phi) is 2.78. The van der Waals surface area contributed by atoms with Gasteiger partial charge in [-0.25, -0.2) is 15.8 Å². The molecule has 0 saturated carbocycles. The molecular weight excluding hydrogens is 222 g/mol. The molecule has 0 aliphatic carbocycles. The fourth-order valence-electron chi connectivity index (χ4n) is 0.672. The zero-order valence-electron chi connectivity index (χ0n) is 6.49. The fourth-order valence-corrected chi connectivity index (χ4v) is 0.906. The van der Waals surface area contributed by atoms with Gasteiger partial charge in [-0.3, -0.25) is 4.79 Å². The Morgan fingerprint density at radius 1 is 1.67 bits per heavy atom. The van der Waals surface area contributed by atoms with Crippen LogP contribution in [0.25, 0.3) is 0 Å². The van der Waals surface area contributed by atoms with E-state index in [1.165, 1.54) is 6.92 Å². The standard InChI is InChI=1S/C7H8BrN3O/c1-5(12)11(9)7-3-2-6(8)4-10-7/h2-4H,9H2,1H3. The number of anilines is 1. The molecule has 0 radical (unpaired) electrons. The first-order valence-electron chi connectivity index (χ1n) is 3.28. The number of nitrogens with zero attached hydrogens (tertiary/aromatic N) is 2. The predicted octanol–water partition coefficient (Wildman–Crippen LogP) is 1.07. The second-order valence-corrected chi connectivity index (χ2v) is 3.14. The highest BCUT2D eigenvalue weighted by molar-refractivity contribution is 9.10. The number of hydrogen-bond donors (Lipinski definition) is 1. The van der Waals surface area contributed by atoms with Crippen molar-refractivity contribution in [1.82, 2.24) is 4.98 Å². The third-order valence-corrected chi connectivity index (χ3v) is 1.77. The first kappa shape index (κ1) is 9.15. The molecule has 64 valence electrons. The molecule has 0 fully saturated rings. The molecule has 5 heteroatoms. The average Bonchev–Trinajstić information content (AvgIpc) is 2.04. The van der Waals surface area contributed by atoms with E-state index in [1.807, 2.05) is 0 Å². The van der Waals surface area contributed by atoms with Crippen LogP contribution in [-0.4, -0.2) is 10.9 Å². The van der Waals surface area contributed by atoms with E-state index in [0.29, 0.717) is 5.82 Å². The van der Waals surface area contributed by atoms with Crippen LogP contribution in [0.4, 0.5) is 5.82 Å². The average molecular weight is 230 g/mol. The summed E-state index contributed by atoms with van der Waals surface area (Å²) in [7, 11) is 0. The van der Waals surface area contributed by atoms with Gasteiger partial charge in [0.2, 0.25) is 5.91 Å². The number of hydrogen-bond acceptors (Lipinski definition) is 3. The molecule has 0 aliphatic rings. The van der Waals surface area contributed by atoms with Gasteiger partial charge in [-0.05, 0) is 28.1 Å². The number of carbonyl (C=O) groups is 1. The van der Waals surface area contributed by atoms with Crippen molar-refractivity contribution < 1.29 is 4.79 Å². The fraction of sp³-hybridized carbons (Fsp3) is 0.143. The largest absolute Gasteiger partial charge is 0.273 e. The van der Waals surface area contributed by atoms with Crippen LogP contribution >= 0.6 is 15.9 Å². The van der Waals surface area contributed by atoms with Crippen molar-refractivity contribution >= 4 is 27.7 Å². The summed E-state index contributed by atoms with van der Waals surface area (Å²) < 4.78 is 0.850. The smallest absolute Gasteiger partial charge is 0.239 e. The summed E-state index contributed by atoms with van der Waals surface area (Å²) in [5, 5.41) is 0.992. The van der Waals surface area contributed by atoms with E-state index in [2.05, 4.69) is 20.9 Å². The lowest BCUT2D eigenvalue weighted by molar-refractivity contribution is -0.116. The third-order valence-electron chi connectivity index (χ3n) is 1.30. The van der Waals surface area contributed by atoms with Crippen LogP contribution in [-0.2, 0) is 4.79 Å². The summed E-state index contributed by atoms with van der Waals surface area (Å²) in [6.45, 7) is 1.38. The Balaban J connectivity index is 2.89. The van der Waals surface area contributed by atoms with E-state index in [1.54, 1.807) is 18.3 Å². The topological polar surface area (TPSA) is 59.2 Å². The molecule has 2 N–H and O–H groups in total. The van der Waals surface area contributed by atoms with Crippen molar-refractivity contribution in [1.29, 1.82) is 0 Å². The van der Waals surface area contributed by atoms with Gasteiger partial charge in [0, 0.05) is 17.6 Å². The van der Waals surface area contributed by atoms with E-state index in [0.717, 1.165) is 9.48 Å². The van der Waals surface area contributed by atoms with Gasteiger partial charge in [-0.2, -0.15) is 0 Å². The third kappa shape index (κ3) is 2.02. The molecule has 0 atom stereocenters. The van der Waals surface area contributed by atoms with Gasteiger partial charge in [-0.15, -0.1) is 0 Å². The highest BCUT2D eigenvalue weighted by Crippen LogP contribution is 2.12. The molecule has 0 aromatic carbocycles. The van der Waals surface area contributed by atoms with Crippen molar-refractivity contribution in [2.45, 2.75) is 6.92 Å². The van der Waals surface area contributed by atoms with Crippen molar-refractivity contribution in [3.8, 4) is 0 Å². The lowest BCUT2D eigenvalue weighted by atomic mass is 10.4. The maximum Gasteiger partial charge on any atom is 0.239 e. The molecule has 1 heterocycles. The minimum Gasteiger partial charge on any atom is -0.273 e. The normalized spacial score (nSPS) is 9.58. The Morgan fingerprint density at radius 2 is 2.33 bits per heavy atom. The van der Waals surface area contributed by atoms with Crippen LogP contribution in [0.3, 0.4) is 0 Å². The first-order chi connectivity index (χ1) is 5.61. The molecule has 0 aliphatic heterocycles. The number of pyridine rings is 1. The van der Waals surface area contributed by atoms with Crippen molar-refractivity contribution in [3.05, 3.63) is 22.8 Å². The molecule has 4 nitrogen and oxygen atoms in total. The van der Waals surface area contributed by atoms with Crippen LogP contribution in [0.15, 0.2) is 22.8 Å². The van der Waals surface area contributed by atoms with Gasteiger partial charge in [0.1, 0.15) is 5.82 Å². The number of halogens is 1. The molecule has 12 heavy (non-hydrogen) atoms. The second kappa shape index (κ2) is 3.64. The summed E-state index contributed by atoms with van der Waals surface area (Å²) in [6, 6.07) is 3.43. The molecular formula is C7H8BrN3O. The van der Waals surface area contributed by atoms with Gasteiger partial charge in [0.25, 0.3) is 0 Å². The van der Waals surface area contributed by atoms with Gasteiger partial charge >= 0.3 is 0 Å². The molecule has 0 saturated heterocycles. The summed E-state index contributed by atoms with van der Waals surface area (Å²) in [4.78, 5) is 14.7. The number of rotatable bonds is 1. The predicted molar refractivity (Wildman–Crippen MR) is 49.3 cm³/mol. The summed E-state index contributed by atoms with van der Waals surface area (Å²) in [6.07, 6.45) is 1.58. The van der Waals surface area contributed by atoms with Gasteiger partial charge < -0.3 is 0 Å². The quantitative estimate of drug-likeness (QED) is 0.446. The lowest BCUT2D eigenvalue weighted by Gasteiger charge is -2.11. The highest BCUT2D eigenvalue weighted by Gasteiger charge is 2.06. The SMILES string of the molecule is CC(=O)N(N)c1ccc(Br)cn1. The Morgan fingerprint density at radius 3 is 2.75 bits per heavy atom. The van der Waals surface area contributed by atoms with Gasteiger partial charge in [-0.1, -0.05) is 0 Å². The van der Waals surface area contributed by atoms with E-state index >= 15 is 0 Å². The number of amides is 1. The summed E-state index contributed by atoms with van der Waals surface area (Å²) in [5.74, 6) is 5.58. The Hall–Kier alpha value is -0.940. The zero-order chi connectivity index (χ0) is 9.14.